The van der Waals surface area contributed by atoms with Crippen molar-refractivity contribution < 1.29 is 4.79 Å². The Hall–Kier alpha value is -3.75. The van der Waals surface area contributed by atoms with Crippen LogP contribution in [0.2, 0.25) is 0 Å². The van der Waals surface area contributed by atoms with Gasteiger partial charge in [0, 0.05) is 37.7 Å². The molecule has 0 atom stereocenters. The topological polar surface area (TPSA) is 110 Å². The maximum absolute atomic E-state index is 13.4. The Bertz CT molecular complexity index is 1460. The third-order valence-corrected chi connectivity index (χ3v) is 6.68. The standard InChI is InChI=1S/C25H29N7O2/c1-17-7-5-12-32-22(17)29-23-20(25(32)34)15-19(24(33)28-18-8-3-2-4-9-18)21(26)31(23)13-6-11-30-14-10-27-16-30/h5,7,10,12,14-16,18,26H,2-4,6,8-9,11,13H2,1H3,(H,28,33). The molecule has 4 heterocycles. The van der Waals surface area contributed by atoms with Gasteiger partial charge in [0.1, 0.15) is 16.8 Å². The van der Waals surface area contributed by atoms with E-state index in [0.717, 1.165) is 31.2 Å². The van der Waals surface area contributed by atoms with E-state index in [1.54, 1.807) is 29.4 Å². The molecule has 4 aromatic rings. The maximum Gasteiger partial charge on any atom is 0.267 e. The number of carbonyl (C=O) groups is 1. The number of hydrogen-bond donors (Lipinski definition) is 2. The van der Waals surface area contributed by atoms with Crippen LogP contribution in [-0.2, 0) is 13.1 Å². The molecule has 1 aliphatic rings. The molecular weight excluding hydrogens is 430 g/mol. The van der Waals surface area contributed by atoms with Crippen molar-refractivity contribution in [3.8, 4) is 0 Å². The van der Waals surface area contributed by atoms with Crippen LogP contribution in [0, 0.1) is 12.3 Å². The van der Waals surface area contributed by atoms with Crippen LogP contribution in [0.5, 0.6) is 0 Å². The normalized spacial score (nSPS) is 14.6. The summed E-state index contributed by atoms with van der Waals surface area (Å²) in [6.45, 7) is 3.06. The summed E-state index contributed by atoms with van der Waals surface area (Å²) in [5, 5.41) is 12.3. The van der Waals surface area contributed by atoms with Crippen LogP contribution >= 0.6 is 0 Å². The molecule has 1 aliphatic carbocycles. The van der Waals surface area contributed by atoms with E-state index in [1.807, 2.05) is 29.8 Å². The monoisotopic (exact) mass is 459 g/mol. The summed E-state index contributed by atoms with van der Waals surface area (Å²) in [6.07, 6.45) is 13.0. The lowest BCUT2D eigenvalue weighted by molar-refractivity contribution is 0.0925. The van der Waals surface area contributed by atoms with E-state index in [2.05, 4.69) is 10.3 Å². The highest BCUT2D eigenvalue weighted by Gasteiger charge is 2.21. The van der Waals surface area contributed by atoms with Gasteiger partial charge in [-0.25, -0.2) is 9.97 Å². The van der Waals surface area contributed by atoms with Crippen LogP contribution in [-0.4, -0.2) is 35.5 Å². The second kappa shape index (κ2) is 9.24. The largest absolute Gasteiger partial charge is 0.349 e. The van der Waals surface area contributed by atoms with Gasteiger partial charge in [0.15, 0.2) is 0 Å². The number of imidazole rings is 1. The van der Waals surface area contributed by atoms with Crippen molar-refractivity contribution >= 4 is 22.6 Å². The van der Waals surface area contributed by atoms with Gasteiger partial charge in [-0.1, -0.05) is 25.3 Å². The Morgan fingerprint density at radius 1 is 1.18 bits per heavy atom. The Kier molecular flexibility index (Phi) is 6.00. The van der Waals surface area contributed by atoms with Gasteiger partial charge in [-0.2, -0.15) is 0 Å². The summed E-state index contributed by atoms with van der Waals surface area (Å²) in [7, 11) is 0. The second-order valence-corrected chi connectivity index (χ2v) is 9.06. The van der Waals surface area contributed by atoms with Crippen molar-refractivity contribution in [2.45, 2.75) is 64.6 Å². The van der Waals surface area contributed by atoms with Gasteiger partial charge in [0.25, 0.3) is 11.5 Å². The molecule has 176 valence electrons. The number of amides is 1. The van der Waals surface area contributed by atoms with Crippen molar-refractivity contribution in [2.24, 2.45) is 0 Å². The van der Waals surface area contributed by atoms with Crippen molar-refractivity contribution in [3.05, 3.63) is 70.1 Å². The molecule has 0 radical (unpaired) electrons. The summed E-state index contributed by atoms with van der Waals surface area (Å²) in [6, 6.07) is 5.38. The summed E-state index contributed by atoms with van der Waals surface area (Å²) < 4.78 is 5.18. The van der Waals surface area contributed by atoms with Crippen molar-refractivity contribution in [3.63, 3.8) is 0 Å². The number of rotatable bonds is 6. The van der Waals surface area contributed by atoms with Crippen LogP contribution in [0.1, 0.15) is 54.4 Å². The molecule has 0 aliphatic heterocycles. The van der Waals surface area contributed by atoms with E-state index in [0.29, 0.717) is 36.2 Å². The number of aryl methyl sites for hydroxylation is 3. The Morgan fingerprint density at radius 3 is 2.76 bits per heavy atom. The average molecular weight is 460 g/mol. The predicted molar refractivity (Wildman–Crippen MR) is 129 cm³/mol. The van der Waals surface area contributed by atoms with Crippen LogP contribution in [0.15, 0.2) is 47.9 Å². The first kappa shape index (κ1) is 22.1. The zero-order valence-corrected chi connectivity index (χ0v) is 19.3. The number of nitrogens with zero attached hydrogens (tertiary/aromatic N) is 5. The molecule has 4 aromatic heterocycles. The molecule has 34 heavy (non-hydrogen) atoms. The number of nitrogens with one attached hydrogen (secondary N) is 2. The quantitative estimate of drug-likeness (QED) is 0.432. The van der Waals surface area contributed by atoms with Crippen molar-refractivity contribution in [1.82, 2.24) is 28.8 Å². The molecular formula is C25H29N7O2. The Labute approximate surface area is 196 Å². The van der Waals surface area contributed by atoms with Gasteiger partial charge in [0.05, 0.1) is 17.3 Å². The number of hydrogen-bond acceptors (Lipinski definition) is 5. The molecule has 0 bridgehead atoms. The van der Waals surface area contributed by atoms with Crippen LogP contribution < -0.4 is 16.4 Å². The average Bonchev–Trinajstić information content (AvgIpc) is 3.35. The van der Waals surface area contributed by atoms with E-state index in [9.17, 15) is 9.59 Å². The lowest BCUT2D eigenvalue weighted by Gasteiger charge is -2.23. The predicted octanol–water partition coefficient (Wildman–Crippen LogP) is 2.79. The summed E-state index contributed by atoms with van der Waals surface area (Å²) in [5.41, 5.74) is 1.92. The minimum atomic E-state index is -0.295. The Balaban J connectivity index is 1.61. The first-order chi connectivity index (χ1) is 16.5. The van der Waals surface area contributed by atoms with E-state index in [4.69, 9.17) is 10.4 Å². The molecule has 9 nitrogen and oxygen atoms in total. The summed E-state index contributed by atoms with van der Waals surface area (Å²) in [4.78, 5) is 35.5. The number of aromatic nitrogens is 5. The highest BCUT2D eigenvalue weighted by Crippen LogP contribution is 2.18. The zero-order valence-electron chi connectivity index (χ0n) is 19.3. The molecule has 1 saturated carbocycles. The van der Waals surface area contributed by atoms with Crippen LogP contribution in [0.4, 0.5) is 0 Å². The maximum atomic E-state index is 13.4. The lowest BCUT2D eigenvalue weighted by Crippen LogP contribution is -2.40. The number of fused-ring (bicyclic) bond motifs is 2. The van der Waals surface area contributed by atoms with Gasteiger partial charge >= 0.3 is 0 Å². The van der Waals surface area contributed by atoms with E-state index < -0.39 is 0 Å². The molecule has 0 saturated heterocycles. The zero-order chi connectivity index (χ0) is 23.7. The van der Waals surface area contributed by atoms with Gasteiger partial charge in [0.2, 0.25) is 0 Å². The third-order valence-electron chi connectivity index (χ3n) is 6.68. The molecule has 2 N–H and O–H groups in total. The number of pyridine rings is 2. The lowest BCUT2D eigenvalue weighted by atomic mass is 9.95. The molecule has 0 spiro atoms. The van der Waals surface area contributed by atoms with E-state index in [1.165, 1.54) is 10.8 Å². The molecule has 9 heteroatoms. The Morgan fingerprint density at radius 2 is 2.00 bits per heavy atom. The molecule has 1 amide bonds. The van der Waals surface area contributed by atoms with Gasteiger partial charge in [-0.15, -0.1) is 0 Å². The third kappa shape index (κ3) is 4.13. The van der Waals surface area contributed by atoms with Crippen molar-refractivity contribution in [1.29, 1.82) is 5.41 Å². The van der Waals surface area contributed by atoms with Crippen LogP contribution in [0.3, 0.4) is 0 Å². The highest BCUT2D eigenvalue weighted by atomic mass is 16.2. The minimum Gasteiger partial charge on any atom is -0.349 e. The SMILES string of the molecule is Cc1cccn2c(=O)c3cc(C(=O)NC4CCCCC4)c(=N)n(CCCn4ccnc4)c3nc12. The molecule has 5 rings (SSSR count). The molecule has 1 fully saturated rings. The van der Waals surface area contributed by atoms with E-state index >= 15 is 0 Å². The molecule has 0 aromatic carbocycles. The van der Waals surface area contributed by atoms with Crippen molar-refractivity contribution in [2.75, 3.05) is 0 Å². The molecule has 0 unspecified atom stereocenters. The minimum absolute atomic E-state index is 0.0799. The fourth-order valence-electron chi connectivity index (χ4n) is 4.83. The fraction of sp³-hybridized carbons (Fsp3) is 0.400. The highest BCUT2D eigenvalue weighted by molar-refractivity contribution is 5.97. The second-order valence-electron chi connectivity index (χ2n) is 9.06. The van der Waals surface area contributed by atoms with Gasteiger partial charge < -0.3 is 14.5 Å². The number of carbonyl (C=O) groups excluding carboxylic acids is 1. The van der Waals surface area contributed by atoms with E-state index in [-0.39, 0.29) is 28.6 Å². The van der Waals surface area contributed by atoms with Crippen LogP contribution in [0.25, 0.3) is 16.7 Å². The van der Waals surface area contributed by atoms with Gasteiger partial charge in [-0.05, 0) is 43.9 Å². The fourth-order valence-corrected chi connectivity index (χ4v) is 4.83. The summed E-state index contributed by atoms with van der Waals surface area (Å²) >= 11 is 0. The summed E-state index contributed by atoms with van der Waals surface area (Å²) in [5.74, 6) is -0.295. The van der Waals surface area contributed by atoms with Gasteiger partial charge in [-0.3, -0.25) is 19.4 Å². The smallest absolute Gasteiger partial charge is 0.267 e. The first-order valence-electron chi connectivity index (χ1n) is 11.9. The first-order valence-corrected chi connectivity index (χ1v) is 11.9.